The fourth-order valence-corrected chi connectivity index (χ4v) is 3.63. The van der Waals surface area contributed by atoms with Crippen LogP contribution in [0.3, 0.4) is 0 Å². The van der Waals surface area contributed by atoms with E-state index in [0.29, 0.717) is 15.0 Å². The van der Waals surface area contributed by atoms with Gasteiger partial charge >= 0.3 is 120 Å². The van der Waals surface area contributed by atoms with Crippen molar-refractivity contribution in [3.8, 4) is 0 Å². The zero-order valence-electron chi connectivity index (χ0n) is 10.9. The van der Waals surface area contributed by atoms with Crippen molar-refractivity contribution in [2.24, 2.45) is 0 Å². The number of carbonyl (C=O) groups excluding carboxylic acids is 1. The van der Waals surface area contributed by atoms with Crippen molar-refractivity contribution in [3.63, 3.8) is 0 Å². The van der Waals surface area contributed by atoms with Gasteiger partial charge in [0.25, 0.3) is 0 Å². The van der Waals surface area contributed by atoms with Crippen LogP contribution in [0.25, 0.3) is 0 Å². The van der Waals surface area contributed by atoms with E-state index in [1.54, 1.807) is 0 Å². The Labute approximate surface area is 120 Å². The van der Waals surface area contributed by atoms with Crippen LogP contribution >= 0.6 is 0 Å². The summed E-state index contributed by atoms with van der Waals surface area (Å²) < 4.78 is 1.19. The summed E-state index contributed by atoms with van der Waals surface area (Å²) in [6.45, 7) is 2.18. The second-order valence-electron chi connectivity index (χ2n) is 4.16. The van der Waals surface area contributed by atoms with E-state index in [4.69, 9.17) is 0 Å². The molecule has 0 aliphatic heterocycles. The Hall–Kier alpha value is -1.57. The van der Waals surface area contributed by atoms with Crippen LogP contribution in [0.4, 0.5) is 5.69 Å². The van der Waals surface area contributed by atoms with E-state index in [1.165, 1.54) is 9.78 Å². The molecule has 3 heteroatoms. The van der Waals surface area contributed by atoms with Crippen LogP contribution < -0.4 is 9.78 Å². The Morgan fingerprint density at radius 2 is 1.74 bits per heavy atom. The molecule has 0 saturated carbocycles. The Bertz CT molecular complexity index is 539. The van der Waals surface area contributed by atoms with Crippen LogP contribution in [0.15, 0.2) is 54.6 Å². The molecule has 0 spiro atoms. The van der Waals surface area contributed by atoms with Gasteiger partial charge in [-0.15, -0.1) is 0 Å². The fourth-order valence-electron chi connectivity index (χ4n) is 1.71. The average Bonchev–Trinajstić information content (AvgIpc) is 2.46. The van der Waals surface area contributed by atoms with Gasteiger partial charge in [-0.25, -0.2) is 0 Å². The van der Waals surface area contributed by atoms with Gasteiger partial charge < -0.3 is 0 Å². The third kappa shape index (κ3) is 3.95. The summed E-state index contributed by atoms with van der Waals surface area (Å²) in [5.74, 6) is -0.0141. The summed E-state index contributed by atoms with van der Waals surface area (Å²) in [7, 11) is 0. The third-order valence-corrected chi connectivity index (χ3v) is 5.31. The SMILES string of the molecule is CCC[Se]c1ccccc1C(=O)Nc1ccccc1. The fraction of sp³-hybridized carbons (Fsp3) is 0.188. The summed E-state index contributed by atoms with van der Waals surface area (Å²) in [6.07, 6.45) is 1.16. The van der Waals surface area contributed by atoms with E-state index >= 15 is 0 Å². The summed E-state index contributed by atoms with van der Waals surface area (Å²) in [5.41, 5.74) is 1.64. The molecular weight excluding hydrogens is 301 g/mol. The zero-order valence-corrected chi connectivity index (χ0v) is 12.6. The first kappa shape index (κ1) is 13.9. The van der Waals surface area contributed by atoms with E-state index < -0.39 is 0 Å². The zero-order chi connectivity index (χ0) is 13.5. The van der Waals surface area contributed by atoms with Crippen LogP contribution in [0.1, 0.15) is 23.7 Å². The molecule has 1 N–H and O–H groups in total. The Morgan fingerprint density at radius 3 is 2.47 bits per heavy atom. The van der Waals surface area contributed by atoms with E-state index in [2.05, 4.69) is 18.3 Å². The molecule has 0 saturated heterocycles. The molecule has 1 amide bonds. The molecule has 2 rings (SSSR count). The third-order valence-electron chi connectivity index (χ3n) is 2.63. The molecule has 0 unspecified atom stereocenters. The van der Waals surface area contributed by atoms with Gasteiger partial charge in [-0.2, -0.15) is 0 Å². The van der Waals surface area contributed by atoms with Crippen LogP contribution in [0, 0.1) is 0 Å². The standard InChI is InChI=1S/C16H17NOSe/c1-2-12-19-15-11-7-6-10-14(15)16(18)17-13-8-4-3-5-9-13/h3-11H,2,12H2,1H3,(H,17,18). The normalized spacial score (nSPS) is 10.2. The number of anilines is 1. The van der Waals surface area contributed by atoms with Crippen molar-refractivity contribution < 1.29 is 4.79 Å². The molecule has 0 heterocycles. The predicted octanol–water partition coefficient (Wildman–Crippen LogP) is 3.10. The molecule has 2 nitrogen and oxygen atoms in total. The minimum absolute atomic E-state index is 0.0141. The monoisotopic (exact) mass is 319 g/mol. The summed E-state index contributed by atoms with van der Waals surface area (Å²) >= 11 is 0.374. The van der Waals surface area contributed by atoms with Gasteiger partial charge in [0.15, 0.2) is 0 Å². The molecule has 19 heavy (non-hydrogen) atoms. The Kier molecular flexibility index (Phi) is 5.19. The van der Waals surface area contributed by atoms with Crippen molar-refractivity contribution in [3.05, 3.63) is 60.2 Å². The second-order valence-corrected chi connectivity index (χ2v) is 6.55. The van der Waals surface area contributed by atoms with E-state index in [0.717, 1.165) is 17.7 Å². The number of carbonyl (C=O) groups is 1. The van der Waals surface area contributed by atoms with Crippen molar-refractivity contribution in [2.45, 2.75) is 18.7 Å². The first-order chi connectivity index (χ1) is 9.31. The van der Waals surface area contributed by atoms with Gasteiger partial charge in [0.05, 0.1) is 0 Å². The topological polar surface area (TPSA) is 29.1 Å². The molecule has 98 valence electrons. The Balaban J connectivity index is 2.14. The summed E-state index contributed by atoms with van der Waals surface area (Å²) in [5, 5.41) is 4.12. The molecule has 0 fully saturated rings. The van der Waals surface area contributed by atoms with E-state index in [9.17, 15) is 4.79 Å². The molecule has 0 radical (unpaired) electrons. The first-order valence-electron chi connectivity index (χ1n) is 6.39. The van der Waals surface area contributed by atoms with Crippen LogP contribution in [-0.4, -0.2) is 20.9 Å². The predicted molar refractivity (Wildman–Crippen MR) is 81.3 cm³/mol. The Morgan fingerprint density at radius 1 is 1.05 bits per heavy atom. The molecule has 0 aromatic heterocycles. The number of para-hydroxylation sites is 1. The molecule has 0 aliphatic rings. The molecule has 0 bridgehead atoms. The molecule has 0 atom stereocenters. The number of benzene rings is 2. The number of nitrogens with one attached hydrogen (secondary N) is 1. The van der Waals surface area contributed by atoms with Gasteiger partial charge in [-0.3, -0.25) is 0 Å². The maximum atomic E-state index is 12.3. The summed E-state index contributed by atoms with van der Waals surface area (Å²) in [6, 6.07) is 17.5. The van der Waals surface area contributed by atoms with Gasteiger partial charge in [0, 0.05) is 0 Å². The van der Waals surface area contributed by atoms with E-state index in [-0.39, 0.29) is 5.91 Å². The van der Waals surface area contributed by atoms with Gasteiger partial charge in [-0.1, -0.05) is 0 Å². The number of hydrogen-bond donors (Lipinski definition) is 1. The average molecular weight is 318 g/mol. The summed E-state index contributed by atoms with van der Waals surface area (Å²) in [4.78, 5) is 12.3. The second kappa shape index (κ2) is 7.13. The van der Waals surface area contributed by atoms with Crippen molar-refractivity contribution in [1.29, 1.82) is 0 Å². The van der Waals surface area contributed by atoms with E-state index in [1.807, 2.05) is 48.5 Å². The van der Waals surface area contributed by atoms with Gasteiger partial charge in [0.2, 0.25) is 0 Å². The van der Waals surface area contributed by atoms with Crippen molar-refractivity contribution in [2.75, 3.05) is 5.32 Å². The van der Waals surface area contributed by atoms with Crippen LogP contribution in [0.5, 0.6) is 0 Å². The first-order valence-corrected chi connectivity index (χ1v) is 8.46. The van der Waals surface area contributed by atoms with Crippen LogP contribution in [-0.2, 0) is 0 Å². The number of amides is 1. The molecule has 2 aromatic rings. The quantitative estimate of drug-likeness (QED) is 0.843. The number of rotatable bonds is 5. The minimum atomic E-state index is -0.0141. The van der Waals surface area contributed by atoms with Gasteiger partial charge in [-0.05, 0) is 0 Å². The maximum absolute atomic E-state index is 12.3. The van der Waals surface area contributed by atoms with Crippen LogP contribution in [0.2, 0.25) is 5.32 Å². The number of hydrogen-bond acceptors (Lipinski definition) is 1. The van der Waals surface area contributed by atoms with Crippen molar-refractivity contribution >= 4 is 31.0 Å². The molecule has 2 aromatic carbocycles. The van der Waals surface area contributed by atoms with Gasteiger partial charge in [0.1, 0.15) is 0 Å². The molecule has 0 aliphatic carbocycles. The molecular formula is C16H17NOSe. The van der Waals surface area contributed by atoms with Crippen molar-refractivity contribution in [1.82, 2.24) is 0 Å².